The molecule has 1 unspecified atom stereocenters. The molecule has 0 spiro atoms. The number of benzene rings is 1. The molecular formula is C17H26N2O2. The Hall–Kier alpha value is -1.55. The Balaban J connectivity index is 2.10. The Morgan fingerprint density at radius 2 is 2.24 bits per heavy atom. The maximum Gasteiger partial charge on any atom is 0.325 e. The Kier molecular flexibility index (Phi) is 4.88. The van der Waals surface area contributed by atoms with Crippen LogP contribution in [-0.4, -0.2) is 38.8 Å². The first-order chi connectivity index (χ1) is 10.00. The molecule has 1 aliphatic heterocycles. The zero-order valence-electron chi connectivity index (χ0n) is 13.5. The lowest BCUT2D eigenvalue weighted by Crippen LogP contribution is -2.50. The van der Waals surface area contributed by atoms with Gasteiger partial charge < -0.3 is 15.0 Å². The van der Waals surface area contributed by atoms with Gasteiger partial charge >= 0.3 is 5.97 Å². The van der Waals surface area contributed by atoms with Gasteiger partial charge in [-0.2, -0.15) is 0 Å². The van der Waals surface area contributed by atoms with Gasteiger partial charge in [-0.05, 0) is 51.8 Å². The van der Waals surface area contributed by atoms with E-state index in [9.17, 15) is 4.79 Å². The lowest BCUT2D eigenvalue weighted by atomic mass is 9.95. The molecule has 1 atom stereocenters. The van der Waals surface area contributed by atoms with Crippen LogP contribution in [0.5, 0.6) is 0 Å². The van der Waals surface area contributed by atoms with E-state index < -0.39 is 5.54 Å². The van der Waals surface area contributed by atoms with Crippen molar-refractivity contribution in [2.45, 2.75) is 38.6 Å². The number of carbonyl (C=O) groups excluding carboxylic acids is 1. The molecule has 0 aliphatic carbocycles. The third kappa shape index (κ3) is 3.38. The number of carbonyl (C=O) groups is 1. The molecule has 0 aromatic heterocycles. The SMILES string of the molecule is CNC(C)(CCN1CCCc2cc(C)ccc21)C(=O)OC. The minimum atomic E-state index is -0.628. The standard InChI is InChI=1S/C17H26N2O2/c1-13-7-8-15-14(12-13)6-5-10-19(15)11-9-17(2,18-3)16(20)21-4/h7-8,12,18H,5-6,9-11H2,1-4H3. The van der Waals surface area contributed by atoms with Gasteiger partial charge in [0.05, 0.1) is 7.11 Å². The van der Waals surface area contributed by atoms with Crippen molar-refractivity contribution in [2.75, 3.05) is 32.1 Å². The molecule has 0 fully saturated rings. The number of hydrogen-bond acceptors (Lipinski definition) is 4. The van der Waals surface area contributed by atoms with Crippen LogP contribution in [0.2, 0.25) is 0 Å². The van der Waals surface area contributed by atoms with Gasteiger partial charge in [0.2, 0.25) is 0 Å². The van der Waals surface area contributed by atoms with Gasteiger partial charge in [-0.15, -0.1) is 0 Å². The van der Waals surface area contributed by atoms with Crippen LogP contribution < -0.4 is 10.2 Å². The van der Waals surface area contributed by atoms with Crippen molar-refractivity contribution in [1.82, 2.24) is 5.32 Å². The van der Waals surface area contributed by atoms with Crippen LogP contribution in [0.25, 0.3) is 0 Å². The van der Waals surface area contributed by atoms with Crippen molar-refractivity contribution in [3.05, 3.63) is 29.3 Å². The van der Waals surface area contributed by atoms with Crippen molar-refractivity contribution in [1.29, 1.82) is 0 Å². The Bertz CT molecular complexity index is 516. The van der Waals surface area contributed by atoms with Gasteiger partial charge in [0.15, 0.2) is 0 Å². The summed E-state index contributed by atoms with van der Waals surface area (Å²) in [7, 11) is 3.25. The zero-order chi connectivity index (χ0) is 15.5. The number of esters is 1. The summed E-state index contributed by atoms with van der Waals surface area (Å²) < 4.78 is 4.91. The minimum Gasteiger partial charge on any atom is -0.468 e. The van der Waals surface area contributed by atoms with Gasteiger partial charge in [0.25, 0.3) is 0 Å². The van der Waals surface area contributed by atoms with E-state index in [0.717, 1.165) is 25.9 Å². The molecule has 0 saturated heterocycles. The summed E-state index contributed by atoms with van der Waals surface area (Å²) in [4.78, 5) is 14.3. The van der Waals surface area contributed by atoms with E-state index in [1.54, 1.807) is 0 Å². The lowest BCUT2D eigenvalue weighted by molar-refractivity contribution is -0.147. The Labute approximate surface area is 127 Å². The lowest BCUT2D eigenvalue weighted by Gasteiger charge is -2.35. The second kappa shape index (κ2) is 6.48. The van der Waals surface area contributed by atoms with Crippen molar-refractivity contribution in [3.8, 4) is 0 Å². The van der Waals surface area contributed by atoms with Crippen LogP contribution in [0.15, 0.2) is 18.2 Å². The van der Waals surface area contributed by atoms with Crippen LogP contribution in [-0.2, 0) is 16.0 Å². The van der Waals surface area contributed by atoms with Gasteiger partial charge in [-0.3, -0.25) is 4.79 Å². The highest BCUT2D eigenvalue weighted by molar-refractivity contribution is 5.80. The molecule has 0 bridgehead atoms. The van der Waals surface area contributed by atoms with Gasteiger partial charge in [0.1, 0.15) is 5.54 Å². The van der Waals surface area contributed by atoms with Crippen molar-refractivity contribution >= 4 is 11.7 Å². The molecule has 0 saturated carbocycles. The van der Waals surface area contributed by atoms with E-state index in [0.29, 0.717) is 0 Å². The fraction of sp³-hybridized carbons (Fsp3) is 0.588. The first kappa shape index (κ1) is 15.8. The van der Waals surface area contributed by atoms with Crippen LogP contribution in [0.4, 0.5) is 5.69 Å². The molecule has 4 nitrogen and oxygen atoms in total. The second-order valence-electron chi connectivity index (χ2n) is 6.05. The first-order valence-electron chi connectivity index (χ1n) is 7.62. The predicted octanol–water partition coefficient (Wildman–Crippen LogP) is 2.29. The summed E-state index contributed by atoms with van der Waals surface area (Å²) >= 11 is 0. The third-order valence-electron chi connectivity index (χ3n) is 4.52. The molecule has 1 heterocycles. The van der Waals surface area contributed by atoms with Crippen molar-refractivity contribution in [2.24, 2.45) is 0 Å². The Morgan fingerprint density at radius 1 is 1.48 bits per heavy atom. The van der Waals surface area contributed by atoms with Gasteiger partial charge in [0, 0.05) is 18.8 Å². The minimum absolute atomic E-state index is 0.203. The number of nitrogens with one attached hydrogen (secondary N) is 1. The molecule has 21 heavy (non-hydrogen) atoms. The molecule has 1 aliphatic rings. The van der Waals surface area contributed by atoms with Crippen LogP contribution >= 0.6 is 0 Å². The number of anilines is 1. The molecule has 4 heteroatoms. The summed E-state index contributed by atoms with van der Waals surface area (Å²) in [6.07, 6.45) is 3.04. The molecule has 1 aromatic rings. The number of fused-ring (bicyclic) bond motifs is 1. The number of likely N-dealkylation sites (N-methyl/N-ethyl adjacent to an activating group) is 1. The summed E-state index contributed by atoms with van der Waals surface area (Å²) in [5, 5.41) is 3.10. The highest BCUT2D eigenvalue weighted by Crippen LogP contribution is 2.28. The van der Waals surface area contributed by atoms with Crippen molar-refractivity contribution < 1.29 is 9.53 Å². The van der Waals surface area contributed by atoms with E-state index in [4.69, 9.17) is 4.74 Å². The largest absolute Gasteiger partial charge is 0.468 e. The summed E-state index contributed by atoms with van der Waals surface area (Å²) in [6, 6.07) is 6.65. The molecule has 0 amide bonds. The number of ether oxygens (including phenoxy) is 1. The van der Waals surface area contributed by atoms with Crippen LogP contribution in [0.1, 0.15) is 30.9 Å². The Morgan fingerprint density at radius 3 is 2.90 bits per heavy atom. The van der Waals surface area contributed by atoms with E-state index in [-0.39, 0.29) is 5.97 Å². The quantitative estimate of drug-likeness (QED) is 0.845. The number of rotatable bonds is 5. The van der Waals surface area contributed by atoms with Crippen molar-refractivity contribution in [3.63, 3.8) is 0 Å². The average molecular weight is 290 g/mol. The normalized spacial score (nSPS) is 17.0. The molecule has 2 rings (SSSR count). The van der Waals surface area contributed by atoms with Crippen LogP contribution in [0, 0.1) is 6.92 Å². The summed E-state index contributed by atoms with van der Waals surface area (Å²) in [5.41, 5.74) is 3.42. The number of hydrogen-bond donors (Lipinski definition) is 1. The molecule has 116 valence electrons. The predicted molar refractivity (Wildman–Crippen MR) is 85.8 cm³/mol. The number of aryl methyl sites for hydroxylation is 2. The smallest absolute Gasteiger partial charge is 0.325 e. The van der Waals surface area contributed by atoms with Gasteiger partial charge in [-0.25, -0.2) is 0 Å². The summed E-state index contributed by atoms with van der Waals surface area (Å²) in [6.45, 7) is 5.94. The monoisotopic (exact) mass is 290 g/mol. The highest BCUT2D eigenvalue weighted by Gasteiger charge is 2.33. The van der Waals surface area contributed by atoms with Crippen LogP contribution in [0.3, 0.4) is 0 Å². The van der Waals surface area contributed by atoms with E-state index >= 15 is 0 Å². The zero-order valence-corrected chi connectivity index (χ0v) is 13.5. The van der Waals surface area contributed by atoms with E-state index in [1.807, 2.05) is 14.0 Å². The van der Waals surface area contributed by atoms with E-state index in [1.165, 1.54) is 30.3 Å². The maximum absolute atomic E-state index is 11.9. The fourth-order valence-corrected chi connectivity index (χ4v) is 2.95. The fourth-order valence-electron chi connectivity index (χ4n) is 2.95. The molecule has 1 aromatic carbocycles. The molecular weight excluding hydrogens is 264 g/mol. The topological polar surface area (TPSA) is 41.6 Å². The number of methoxy groups -OCH3 is 1. The van der Waals surface area contributed by atoms with Gasteiger partial charge in [-0.1, -0.05) is 17.7 Å². The average Bonchev–Trinajstić information content (AvgIpc) is 2.51. The highest BCUT2D eigenvalue weighted by atomic mass is 16.5. The number of nitrogens with zero attached hydrogens (tertiary/aromatic N) is 1. The molecule has 0 radical (unpaired) electrons. The second-order valence-corrected chi connectivity index (χ2v) is 6.05. The maximum atomic E-state index is 11.9. The first-order valence-corrected chi connectivity index (χ1v) is 7.62. The summed E-state index contributed by atoms with van der Waals surface area (Å²) in [5.74, 6) is -0.203. The molecule has 1 N–H and O–H groups in total. The third-order valence-corrected chi connectivity index (χ3v) is 4.52. The van der Waals surface area contributed by atoms with E-state index in [2.05, 4.69) is 35.3 Å².